The quantitative estimate of drug-likeness (QED) is 0.809. The molecular formula is C15H17BrF3N5O. The molecule has 0 unspecified atom stereocenters. The molecule has 1 aliphatic rings. The number of nitrogens with zero attached hydrogens (tertiary/aromatic N) is 4. The van der Waals surface area contributed by atoms with Crippen molar-refractivity contribution in [1.82, 2.24) is 24.9 Å². The number of amides is 1. The van der Waals surface area contributed by atoms with E-state index in [0.29, 0.717) is 5.69 Å². The van der Waals surface area contributed by atoms with E-state index >= 15 is 0 Å². The van der Waals surface area contributed by atoms with Gasteiger partial charge in [-0.1, -0.05) is 0 Å². The van der Waals surface area contributed by atoms with Crippen LogP contribution in [0.3, 0.4) is 0 Å². The van der Waals surface area contributed by atoms with E-state index < -0.39 is 17.8 Å². The predicted octanol–water partition coefficient (Wildman–Crippen LogP) is 2.90. The van der Waals surface area contributed by atoms with Crippen LogP contribution >= 0.6 is 15.9 Å². The van der Waals surface area contributed by atoms with Crippen molar-refractivity contribution in [1.29, 1.82) is 0 Å². The van der Waals surface area contributed by atoms with E-state index in [-0.39, 0.29) is 23.5 Å². The summed E-state index contributed by atoms with van der Waals surface area (Å²) in [4.78, 5) is 12.2. The first-order chi connectivity index (χ1) is 11.7. The van der Waals surface area contributed by atoms with Crippen molar-refractivity contribution < 1.29 is 18.0 Å². The lowest BCUT2D eigenvalue weighted by atomic mass is 10.2. The molecule has 0 spiro atoms. The van der Waals surface area contributed by atoms with Gasteiger partial charge in [0, 0.05) is 31.3 Å². The maximum atomic E-state index is 13.1. The minimum atomic E-state index is -4.56. The van der Waals surface area contributed by atoms with E-state index in [9.17, 15) is 18.0 Å². The topological polar surface area (TPSA) is 64.7 Å². The Morgan fingerprint density at radius 1 is 1.40 bits per heavy atom. The molecule has 0 radical (unpaired) electrons. The Hall–Kier alpha value is -1.84. The zero-order valence-corrected chi connectivity index (χ0v) is 15.3. The standard InChI is InChI=1S/C15H17BrF3N5O/c1-8-10(6-23(2)21-8)5-20-11(25)7-24-13(9-3-4-9)12(16)14(22-24)15(17,18)19/h6,9H,3-5,7H2,1-2H3,(H,20,25). The Bertz CT molecular complexity index is 807. The Kier molecular flexibility index (Phi) is 4.65. The smallest absolute Gasteiger partial charge is 0.350 e. The summed E-state index contributed by atoms with van der Waals surface area (Å²) in [6.45, 7) is 1.85. The third-order valence-corrected chi connectivity index (χ3v) is 4.83. The van der Waals surface area contributed by atoms with Gasteiger partial charge in [-0.25, -0.2) is 0 Å². The van der Waals surface area contributed by atoms with E-state index in [4.69, 9.17) is 0 Å². The highest BCUT2D eigenvalue weighted by Crippen LogP contribution is 2.46. The molecule has 2 aromatic heterocycles. The first-order valence-corrected chi connectivity index (χ1v) is 8.55. The summed E-state index contributed by atoms with van der Waals surface area (Å²) >= 11 is 3.01. The van der Waals surface area contributed by atoms with Crippen molar-refractivity contribution in [2.24, 2.45) is 7.05 Å². The van der Waals surface area contributed by atoms with Crippen LogP contribution in [0.25, 0.3) is 0 Å². The molecule has 2 heterocycles. The van der Waals surface area contributed by atoms with Gasteiger partial charge in [-0.3, -0.25) is 14.2 Å². The van der Waals surface area contributed by atoms with E-state index in [0.717, 1.165) is 28.8 Å². The summed E-state index contributed by atoms with van der Waals surface area (Å²) < 4.78 is 41.9. The van der Waals surface area contributed by atoms with Gasteiger partial charge in [-0.05, 0) is 35.7 Å². The van der Waals surface area contributed by atoms with E-state index in [1.165, 1.54) is 0 Å². The molecule has 10 heteroatoms. The monoisotopic (exact) mass is 419 g/mol. The number of halogens is 4. The van der Waals surface area contributed by atoms with E-state index in [1.54, 1.807) is 17.9 Å². The van der Waals surface area contributed by atoms with Crippen LogP contribution in [0.15, 0.2) is 10.7 Å². The Morgan fingerprint density at radius 3 is 2.60 bits per heavy atom. The number of carbonyl (C=O) groups excluding carboxylic acids is 1. The van der Waals surface area contributed by atoms with Crippen molar-refractivity contribution in [3.8, 4) is 0 Å². The van der Waals surface area contributed by atoms with Crippen LogP contribution in [-0.4, -0.2) is 25.5 Å². The molecule has 0 aliphatic heterocycles. The van der Waals surface area contributed by atoms with Gasteiger partial charge in [0.15, 0.2) is 5.69 Å². The van der Waals surface area contributed by atoms with E-state index in [1.807, 2.05) is 6.92 Å². The number of aromatic nitrogens is 4. The Labute approximate surface area is 150 Å². The SMILES string of the molecule is Cc1nn(C)cc1CNC(=O)Cn1nc(C(F)(F)F)c(Br)c1C1CC1. The Morgan fingerprint density at radius 2 is 2.08 bits per heavy atom. The second-order valence-corrected chi connectivity index (χ2v) is 6.96. The number of aryl methyl sites for hydroxylation is 2. The molecule has 0 aromatic carbocycles. The molecule has 1 saturated carbocycles. The van der Waals surface area contributed by atoms with Crippen LogP contribution in [0.5, 0.6) is 0 Å². The van der Waals surface area contributed by atoms with Gasteiger partial charge in [-0.15, -0.1) is 0 Å². The van der Waals surface area contributed by atoms with Crippen LogP contribution in [0.2, 0.25) is 0 Å². The van der Waals surface area contributed by atoms with Gasteiger partial charge in [0.2, 0.25) is 5.91 Å². The summed E-state index contributed by atoms with van der Waals surface area (Å²) in [7, 11) is 1.78. The number of nitrogens with one attached hydrogen (secondary N) is 1. The number of rotatable bonds is 5. The van der Waals surface area contributed by atoms with Gasteiger partial charge < -0.3 is 5.32 Å². The number of hydrogen-bond acceptors (Lipinski definition) is 3. The highest BCUT2D eigenvalue weighted by atomic mass is 79.9. The summed E-state index contributed by atoms with van der Waals surface area (Å²) in [6, 6.07) is 0. The predicted molar refractivity (Wildman–Crippen MR) is 86.7 cm³/mol. The lowest BCUT2D eigenvalue weighted by Gasteiger charge is -2.08. The maximum absolute atomic E-state index is 13.1. The lowest BCUT2D eigenvalue weighted by molar-refractivity contribution is -0.142. The van der Waals surface area contributed by atoms with Gasteiger partial charge in [0.25, 0.3) is 0 Å². The molecule has 0 bridgehead atoms. The van der Waals surface area contributed by atoms with Gasteiger partial charge >= 0.3 is 6.18 Å². The molecule has 25 heavy (non-hydrogen) atoms. The molecule has 1 N–H and O–H groups in total. The molecule has 1 aliphatic carbocycles. The molecule has 136 valence electrons. The normalized spacial score (nSPS) is 14.8. The molecule has 3 rings (SSSR count). The third kappa shape index (κ3) is 3.88. The zero-order chi connectivity index (χ0) is 18.4. The van der Waals surface area contributed by atoms with Crippen molar-refractivity contribution in [2.75, 3.05) is 0 Å². The first kappa shape index (κ1) is 18.0. The average molecular weight is 420 g/mol. The van der Waals surface area contributed by atoms with Gasteiger partial charge in [-0.2, -0.15) is 23.4 Å². The largest absolute Gasteiger partial charge is 0.436 e. The molecule has 6 nitrogen and oxygen atoms in total. The fourth-order valence-electron chi connectivity index (χ4n) is 2.71. The highest BCUT2D eigenvalue weighted by molar-refractivity contribution is 9.10. The van der Waals surface area contributed by atoms with Crippen LogP contribution in [0.1, 0.15) is 41.4 Å². The van der Waals surface area contributed by atoms with Gasteiger partial charge in [0.1, 0.15) is 6.54 Å². The fourth-order valence-corrected chi connectivity index (χ4v) is 3.54. The summed E-state index contributed by atoms with van der Waals surface area (Å²) in [5.74, 6) is -0.375. The first-order valence-electron chi connectivity index (χ1n) is 7.76. The van der Waals surface area contributed by atoms with Crippen LogP contribution in [0.4, 0.5) is 13.2 Å². The van der Waals surface area contributed by atoms with Crippen LogP contribution in [0, 0.1) is 6.92 Å². The molecular weight excluding hydrogens is 403 g/mol. The second-order valence-electron chi connectivity index (χ2n) is 6.17. The third-order valence-electron chi connectivity index (χ3n) is 4.05. The van der Waals surface area contributed by atoms with Crippen molar-refractivity contribution >= 4 is 21.8 Å². The highest BCUT2D eigenvalue weighted by Gasteiger charge is 2.41. The van der Waals surface area contributed by atoms with E-state index in [2.05, 4.69) is 31.4 Å². The number of carbonyl (C=O) groups is 1. The molecule has 1 amide bonds. The minimum Gasteiger partial charge on any atom is -0.350 e. The maximum Gasteiger partial charge on any atom is 0.436 e. The van der Waals surface area contributed by atoms with Crippen molar-refractivity contribution in [3.05, 3.63) is 33.3 Å². The molecule has 2 aromatic rings. The Balaban J connectivity index is 1.73. The number of alkyl halides is 3. The minimum absolute atomic E-state index is 0.0198. The molecule has 0 saturated heterocycles. The van der Waals surface area contributed by atoms with Crippen molar-refractivity contribution in [3.63, 3.8) is 0 Å². The summed E-state index contributed by atoms with van der Waals surface area (Å²) in [5.41, 5.74) is 1.11. The summed E-state index contributed by atoms with van der Waals surface area (Å²) in [5, 5.41) is 10.5. The van der Waals surface area contributed by atoms with Crippen molar-refractivity contribution in [2.45, 2.75) is 44.9 Å². The molecule has 1 fully saturated rings. The fraction of sp³-hybridized carbons (Fsp3) is 0.533. The second kappa shape index (κ2) is 6.47. The van der Waals surface area contributed by atoms with Gasteiger partial charge in [0.05, 0.1) is 15.9 Å². The summed E-state index contributed by atoms with van der Waals surface area (Å²) in [6.07, 6.45) is -1.16. The van der Waals surface area contributed by atoms with Crippen LogP contribution in [-0.2, 0) is 31.1 Å². The molecule has 0 atom stereocenters. The lowest BCUT2D eigenvalue weighted by Crippen LogP contribution is -2.28. The average Bonchev–Trinajstić information content (AvgIpc) is 3.19. The number of hydrogen-bond donors (Lipinski definition) is 1. The van der Waals surface area contributed by atoms with Crippen LogP contribution < -0.4 is 5.32 Å². The zero-order valence-electron chi connectivity index (χ0n) is 13.7.